The average molecular weight is 187 g/mol. The highest BCUT2D eigenvalue weighted by atomic mass is 16.6. The highest BCUT2D eigenvalue weighted by molar-refractivity contribution is 5.85. The van der Waals surface area contributed by atoms with E-state index < -0.39 is 23.7 Å². The second kappa shape index (κ2) is 3.24. The van der Waals surface area contributed by atoms with E-state index in [-0.39, 0.29) is 6.61 Å². The number of nitrogens with one attached hydrogen (secondary N) is 1. The molecule has 0 unspecified atom stereocenters. The molecule has 0 radical (unpaired) electrons. The molecule has 1 N–H and O–H groups in total. The summed E-state index contributed by atoms with van der Waals surface area (Å²) in [7, 11) is 0. The summed E-state index contributed by atoms with van der Waals surface area (Å²) in [5, 5.41) is 2.39. The van der Waals surface area contributed by atoms with Gasteiger partial charge in [0.2, 0.25) is 0 Å². The predicted molar refractivity (Wildman–Crippen MR) is 44.1 cm³/mol. The molecule has 0 bridgehead atoms. The van der Waals surface area contributed by atoms with Gasteiger partial charge in [-0.25, -0.2) is 9.59 Å². The average Bonchev–Trinajstić information content (AvgIpc) is 1.94. The maximum absolute atomic E-state index is 11.1. The van der Waals surface area contributed by atoms with Gasteiger partial charge in [0.1, 0.15) is 12.2 Å². The maximum Gasteiger partial charge on any atom is 0.408 e. The van der Waals surface area contributed by atoms with E-state index in [1.54, 1.807) is 20.8 Å². The second-order valence-corrected chi connectivity index (χ2v) is 3.83. The molecule has 1 fully saturated rings. The van der Waals surface area contributed by atoms with Crippen LogP contribution in [0.2, 0.25) is 0 Å². The first-order valence-electron chi connectivity index (χ1n) is 4.04. The molecular formula is C8H13NO4. The Morgan fingerprint density at radius 1 is 1.62 bits per heavy atom. The van der Waals surface area contributed by atoms with E-state index in [0.29, 0.717) is 0 Å². The van der Waals surface area contributed by atoms with E-state index in [2.05, 4.69) is 10.1 Å². The van der Waals surface area contributed by atoms with Crippen molar-refractivity contribution < 1.29 is 19.1 Å². The number of ether oxygens (including phenoxy) is 2. The van der Waals surface area contributed by atoms with E-state index in [4.69, 9.17) is 4.74 Å². The lowest BCUT2D eigenvalue weighted by Gasteiger charge is -2.27. The van der Waals surface area contributed by atoms with Crippen molar-refractivity contribution in [1.29, 1.82) is 0 Å². The molecule has 74 valence electrons. The molecule has 0 aromatic carbocycles. The Morgan fingerprint density at radius 2 is 2.23 bits per heavy atom. The number of amides is 1. The molecule has 0 spiro atoms. The number of alkyl carbamates (subject to hydrolysis) is 1. The molecule has 1 aliphatic heterocycles. The minimum absolute atomic E-state index is 0.234. The quantitative estimate of drug-likeness (QED) is 0.605. The van der Waals surface area contributed by atoms with Gasteiger partial charge in [-0.15, -0.1) is 0 Å². The Balaban J connectivity index is 2.29. The fourth-order valence-corrected chi connectivity index (χ4v) is 0.785. The summed E-state index contributed by atoms with van der Waals surface area (Å²) in [4.78, 5) is 21.7. The molecule has 1 amide bonds. The van der Waals surface area contributed by atoms with Crippen molar-refractivity contribution in [1.82, 2.24) is 5.32 Å². The number of hydrogen-bond acceptors (Lipinski definition) is 4. The lowest BCUT2D eigenvalue weighted by Crippen LogP contribution is -2.53. The zero-order chi connectivity index (χ0) is 10.1. The van der Waals surface area contributed by atoms with Crippen LogP contribution in [-0.4, -0.2) is 30.3 Å². The van der Waals surface area contributed by atoms with E-state index >= 15 is 0 Å². The monoisotopic (exact) mass is 187 g/mol. The van der Waals surface area contributed by atoms with Crippen molar-refractivity contribution in [2.45, 2.75) is 32.4 Å². The summed E-state index contributed by atoms with van der Waals surface area (Å²) < 4.78 is 9.40. The molecule has 1 atom stereocenters. The van der Waals surface area contributed by atoms with Gasteiger partial charge < -0.3 is 14.8 Å². The van der Waals surface area contributed by atoms with Crippen LogP contribution in [0.4, 0.5) is 4.79 Å². The van der Waals surface area contributed by atoms with Gasteiger partial charge in [0.15, 0.2) is 6.04 Å². The van der Waals surface area contributed by atoms with Crippen LogP contribution in [0.15, 0.2) is 0 Å². The van der Waals surface area contributed by atoms with Crippen molar-refractivity contribution in [2.75, 3.05) is 6.61 Å². The van der Waals surface area contributed by atoms with Crippen LogP contribution in [0.1, 0.15) is 20.8 Å². The first kappa shape index (κ1) is 9.83. The summed E-state index contributed by atoms with van der Waals surface area (Å²) in [5.74, 6) is -0.411. The number of carbonyl (C=O) groups excluding carboxylic acids is 2. The minimum Gasteiger partial charge on any atom is -0.461 e. The molecule has 0 saturated carbocycles. The van der Waals surface area contributed by atoms with Crippen LogP contribution < -0.4 is 5.32 Å². The third-order valence-electron chi connectivity index (χ3n) is 1.37. The first-order valence-corrected chi connectivity index (χ1v) is 4.04. The van der Waals surface area contributed by atoms with Gasteiger partial charge in [0, 0.05) is 0 Å². The molecule has 5 nitrogen and oxygen atoms in total. The zero-order valence-corrected chi connectivity index (χ0v) is 7.92. The third-order valence-corrected chi connectivity index (χ3v) is 1.37. The van der Waals surface area contributed by atoms with Gasteiger partial charge in [-0.05, 0) is 20.8 Å². The smallest absolute Gasteiger partial charge is 0.408 e. The topological polar surface area (TPSA) is 64.6 Å². The van der Waals surface area contributed by atoms with E-state index in [9.17, 15) is 9.59 Å². The summed E-state index contributed by atoms with van der Waals surface area (Å²) in [6.45, 7) is 5.50. The van der Waals surface area contributed by atoms with Crippen molar-refractivity contribution in [2.24, 2.45) is 0 Å². The molecule has 1 heterocycles. The van der Waals surface area contributed by atoms with Crippen LogP contribution in [0.5, 0.6) is 0 Å². The fraction of sp³-hybridized carbons (Fsp3) is 0.750. The first-order chi connectivity index (χ1) is 5.88. The number of rotatable bonds is 1. The lowest BCUT2D eigenvalue weighted by molar-refractivity contribution is -0.162. The van der Waals surface area contributed by atoms with E-state index in [1.807, 2.05) is 0 Å². The summed E-state index contributed by atoms with van der Waals surface area (Å²) in [6, 6.07) is -0.533. The Bertz CT molecular complexity index is 231. The van der Waals surface area contributed by atoms with Crippen molar-refractivity contribution in [3.05, 3.63) is 0 Å². The van der Waals surface area contributed by atoms with Crippen LogP contribution in [0.3, 0.4) is 0 Å². The van der Waals surface area contributed by atoms with Crippen molar-refractivity contribution in [3.63, 3.8) is 0 Å². The van der Waals surface area contributed by atoms with Gasteiger partial charge >= 0.3 is 12.1 Å². The Morgan fingerprint density at radius 3 is 2.54 bits per heavy atom. The van der Waals surface area contributed by atoms with Crippen LogP contribution in [0.25, 0.3) is 0 Å². The standard InChI is InChI=1S/C8H13NO4/c1-8(2,3)13-7(11)9-5-4-12-6(5)10/h5H,4H2,1-3H3,(H,9,11)/t5-/m1/s1. The van der Waals surface area contributed by atoms with Gasteiger partial charge in [0.05, 0.1) is 0 Å². The molecule has 0 aliphatic carbocycles. The van der Waals surface area contributed by atoms with Gasteiger partial charge in [-0.2, -0.15) is 0 Å². The molecule has 0 aromatic heterocycles. The number of cyclic esters (lactones) is 1. The molecule has 0 aromatic rings. The number of carbonyl (C=O) groups is 2. The van der Waals surface area contributed by atoms with Crippen molar-refractivity contribution >= 4 is 12.1 Å². The minimum atomic E-state index is -0.589. The Kier molecular flexibility index (Phi) is 2.45. The molecule has 1 saturated heterocycles. The fourth-order valence-electron chi connectivity index (χ4n) is 0.785. The van der Waals surface area contributed by atoms with E-state index in [0.717, 1.165) is 0 Å². The van der Waals surface area contributed by atoms with Gasteiger partial charge in [0.25, 0.3) is 0 Å². The highest BCUT2D eigenvalue weighted by Gasteiger charge is 2.33. The molecule has 13 heavy (non-hydrogen) atoms. The van der Waals surface area contributed by atoms with Gasteiger partial charge in [-0.3, -0.25) is 0 Å². The summed E-state index contributed by atoms with van der Waals surface area (Å²) in [6.07, 6.45) is -0.589. The maximum atomic E-state index is 11.1. The molecule has 1 aliphatic rings. The van der Waals surface area contributed by atoms with Crippen LogP contribution in [-0.2, 0) is 14.3 Å². The zero-order valence-electron chi connectivity index (χ0n) is 7.92. The number of hydrogen-bond donors (Lipinski definition) is 1. The highest BCUT2D eigenvalue weighted by Crippen LogP contribution is 2.08. The van der Waals surface area contributed by atoms with Crippen LogP contribution in [0, 0.1) is 0 Å². The largest absolute Gasteiger partial charge is 0.461 e. The SMILES string of the molecule is CC(C)(C)OC(=O)N[C@@H]1COC1=O. The number of esters is 1. The lowest BCUT2D eigenvalue weighted by atomic mass is 10.2. The summed E-state index contributed by atoms with van der Waals surface area (Å²) >= 11 is 0. The Hall–Kier alpha value is -1.26. The molecule has 1 rings (SSSR count). The van der Waals surface area contributed by atoms with E-state index in [1.165, 1.54) is 0 Å². The summed E-state index contributed by atoms with van der Waals surface area (Å²) in [5.41, 5.74) is -0.544. The molecule has 5 heteroatoms. The van der Waals surface area contributed by atoms with Crippen LogP contribution >= 0.6 is 0 Å². The van der Waals surface area contributed by atoms with Gasteiger partial charge in [-0.1, -0.05) is 0 Å². The van der Waals surface area contributed by atoms with Crippen molar-refractivity contribution in [3.8, 4) is 0 Å². The molecular weight excluding hydrogens is 174 g/mol. The second-order valence-electron chi connectivity index (χ2n) is 3.83. The third kappa shape index (κ3) is 2.93. The predicted octanol–water partition coefficient (Wildman–Crippen LogP) is 0.436. The Labute approximate surface area is 76.4 Å². The normalized spacial score (nSPS) is 21.5.